The summed E-state index contributed by atoms with van der Waals surface area (Å²) in [4.78, 5) is 1.71. The lowest BCUT2D eigenvalue weighted by Crippen LogP contribution is -2.47. The van der Waals surface area contributed by atoms with E-state index >= 15 is 0 Å². The van der Waals surface area contributed by atoms with E-state index in [2.05, 4.69) is 0 Å². The van der Waals surface area contributed by atoms with E-state index in [1.165, 1.54) is 6.07 Å². The van der Waals surface area contributed by atoms with Crippen molar-refractivity contribution in [3.63, 3.8) is 0 Å². The Morgan fingerprint density at radius 1 is 1.47 bits per heavy atom. The largest absolute Gasteiger partial charge is 0.366 e. The molecule has 0 aromatic heterocycles. The van der Waals surface area contributed by atoms with Crippen LogP contribution in [0.4, 0.5) is 14.5 Å². The quantitative estimate of drug-likeness (QED) is 0.721. The third-order valence-electron chi connectivity index (χ3n) is 3.52. The number of piperidine rings is 1. The molecule has 0 N–H and O–H groups in total. The molecule has 2 nitrogen and oxygen atoms in total. The van der Waals surface area contributed by atoms with Crippen LogP contribution in [-0.2, 0) is 4.74 Å². The summed E-state index contributed by atoms with van der Waals surface area (Å²) >= 11 is 5.69. The van der Waals surface area contributed by atoms with Gasteiger partial charge in [-0.3, -0.25) is 0 Å². The molecule has 2 atom stereocenters. The van der Waals surface area contributed by atoms with Crippen LogP contribution in [0.25, 0.3) is 0 Å². The average Bonchev–Trinajstić information content (AvgIpc) is 3.04. The third kappa shape index (κ3) is 1.89. The number of nitrogens with zero attached hydrogens (tertiary/aromatic N) is 1. The number of epoxide rings is 1. The minimum absolute atomic E-state index is 0.179. The number of rotatable bonds is 1. The van der Waals surface area contributed by atoms with Crippen LogP contribution >= 0.6 is 11.6 Å². The highest BCUT2D eigenvalue weighted by molar-refractivity contribution is 6.30. The number of benzene rings is 1. The van der Waals surface area contributed by atoms with Gasteiger partial charge in [0.05, 0.1) is 18.8 Å². The lowest BCUT2D eigenvalue weighted by molar-refractivity contribution is 0.138. The maximum atomic E-state index is 13.9. The normalized spacial score (nSPS) is 31.9. The predicted octanol–water partition coefficient (Wildman–Crippen LogP) is 2.80. The van der Waals surface area contributed by atoms with Crippen molar-refractivity contribution in [2.45, 2.75) is 18.2 Å². The van der Waals surface area contributed by atoms with Crippen LogP contribution < -0.4 is 4.90 Å². The van der Waals surface area contributed by atoms with Crippen LogP contribution in [0.3, 0.4) is 0 Å². The van der Waals surface area contributed by atoms with Crippen LogP contribution in [-0.4, -0.2) is 31.5 Å². The number of alkyl halides is 1. The van der Waals surface area contributed by atoms with E-state index in [0.717, 1.165) is 0 Å². The Morgan fingerprint density at radius 2 is 2.24 bits per heavy atom. The molecule has 0 saturated carbocycles. The Labute approximate surface area is 103 Å². The minimum atomic E-state index is -1.05. The molecule has 2 saturated heterocycles. The Kier molecular flexibility index (Phi) is 2.52. The molecule has 3 rings (SSSR count). The Balaban J connectivity index is 1.81. The summed E-state index contributed by atoms with van der Waals surface area (Å²) in [5.74, 6) is -0.405. The zero-order valence-corrected chi connectivity index (χ0v) is 9.88. The first-order valence-electron chi connectivity index (χ1n) is 5.59. The molecule has 0 amide bonds. The second kappa shape index (κ2) is 3.82. The number of halogens is 3. The molecular weight excluding hydrogens is 248 g/mol. The first-order valence-corrected chi connectivity index (χ1v) is 5.97. The van der Waals surface area contributed by atoms with Crippen molar-refractivity contribution >= 4 is 17.3 Å². The topological polar surface area (TPSA) is 15.8 Å². The summed E-state index contributed by atoms with van der Waals surface area (Å²) < 4.78 is 32.7. The van der Waals surface area contributed by atoms with E-state index in [0.29, 0.717) is 30.3 Å². The smallest absolute Gasteiger partial charge is 0.149 e. The van der Waals surface area contributed by atoms with Gasteiger partial charge in [0.15, 0.2) is 0 Å². The van der Waals surface area contributed by atoms with Crippen LogP contribution in [0.2, 0.25) is 5.02 Å². The monoisotopic (exact) mass is 259 g/mol. The van der Waals surface area contributed by atoms with Gasteiger partial charge in [0, 0.05) is 11.6 Å². The van der Waals surface area contributed by atoms with Gasteiger partial charge in [-0.2, -0.15) is 0 Å². The van der Waals surface area contributed by atoms with Gasteiger partial charge in [-0.05, 0) is 24.6 Å². The van der Waals surface area contributed by atoms with Crippen LogP contribution in [0, 0.1) is 5.82 Å². The van der Waals surface area contributed by atoms with Crippen molar-refractivity contribution < 1.29 is 13.5 Å². The van der Waals surface area contributed by atoms with Gasteiger partial charge >= 0.3 is 0 Å². The molecule has 92 valence electrons. The Morgan fingerprint density at radius 3 is 2.82 bits per heavy atom. The maximum Gasteiger partial charge on any atom is 0.149 e. The van der Waals surface area contributed by atoms with Gasteiger partial charge in [-0.1, -0.05) is 11.6 Å². The molecule has 2 fully saturated rings. The van der Waals surface area contributed by atoms with Crippen molar-refractivity contribution in [2.24, 2.45) is 0 Å². The molecule has 2 aliphatic rings. The highest BCUT2D eigenvalue weighted by Crippen LogP contribution is 2.41. The second-order valence-electron chi connectivity index (χ2n) is 4.61. The summed E-state index contributed by atoms with van der Waals surface area (Å²) in [5.41, 5.74) is -0.160. The number of anilines is 1. The van der Waals surface area contributed by atoms with Crippen molar-refractivity contribution in [1.29, 1.82) is 0 Å². The maximum absolute atomic E-state index is 13.9. The van der Waals surface area contributed by atoms with Crippen LogP contribution in [0.15, 0.2) is 18.2 Å². The fourth-order valence-electron chi connectivity index (χ4n) is 2.31. The Bertz CT molecular complexity index is 450. The zero-order valence-electron chi connectivity index (χ0n) is 9.13. The van der Waals surface area contributed by atoms with E-state index in [-0.39, 0.29) is 6.54 Å². The van der Waals surface area contributed by atoms with E-state index < -0.39 is 17.6 Å². The molecule has 1 aromatic rings. The molecule has 0 aliphatic carbocycles. The van der Waals surface area contributed by atoms with Crippen molar-refractivity contribution in [3.05, 3.63) is 29.0 Å². The highest BCUT2D eigenvalue weighted by Gasteiger charge is 2.55. The predicted molar refractivity (Wildman–Crippen MR) is 61.8 cm³/mol. The van der Waals surface area contributed by atoms with E-state index in [1.807, 2.05) is 0 Å². The molecule has 2 heterocycles. The van der Waals surface area contributed by atoms with Crippen molar-refractivity contribution in [1.82, 2.24) is 0 Å². The van der Waals surface area contributed by atoms with Crippen molar-refractivity contribution in [3.8, 4) is 0 Å². The van der Waals surface area contributed by atoms with Crippen molar-refractivity contribution in [2.75, 3.05) is 24.6 Å². The first kappa shape index (κ1) is 11.2. The molecule has 2 aliphatic heterocycles. The molecule has 1 aromatic carbocycles. The van der Waals surface area contributed by atoms with Gasteiger partial charge < -0.3 is 9.64 Å². The minimum Gasteiger partial charge on any atom is -0.366 e. The molecule has 2 unspecified atom stereocenters. The van der Waals surface area contributed by atoms with Gasteiger partial charge in [-0.25, -0.2) is 8.78 Å². The molecule has 0 radical (unpaired) electrons. The summed E-state index contributed by atoms with van der Waals surface area (Å²) in [5, 5.41) is 0.349. The highest BCUT2D eigenvalue weighted by atomic mass is 35.5. The summed E-state index contributed by atoms with van der Waals surface area (Å²) in [6.07, 6.45) is -0.442. The SMILES string of the molecule is Fc1cc(Cl)ccc1N1CCC2(CO2)C(F)C1. The third-order valence-corrected chi connectivity index (χ3v) is 3.76. The average molecular weight is 260 g/mol. The fraction of sp³-hybridized carbons (Fsp3) is 0.500. The lowest BCUT2D eigenvalue weighted by atomic mass is 9.95. The van der Waals surface area contributed by atoms with E-state index in [4.69, 9.17) is 16.3 Å². The van der Waals surface area contributed by atoms with Crippen LogP contribution in [0.1, 0.15) is 6.42 Å². The van der Waals surface area contributed by atoms with Gasteiger partial charge in [0.2, 0.25) is 0 Å². The van der Waals surface area contributed by atoms with Gasteiger partial charge in [0.25, 0.3) is 0 Å². The number of hydrogen-bond acceptors (Lipinski definition) is 2. The van der Waals surface area contributed by atoms with Gasteiger partial charge in [-0.15, -0.1) is 0 Å². The van der Waals surface area contributed by atoms with E-state index in [1.54, 1.807) is 17.0 Å². The van der Waals surface area contributed by atoms with Crippen LogP contribution in [0.5, 0.6) is 0 Å². The molecule has 17 heavy (non-hydrogen) atoms. The lowest BCUT2D eigenvalue weighted by Gasteiger charge is -2.34. The molecule has 1 spiro atoms. The second-order valence-corrected chi connectivity index (χ2v) is 5.05. The Hall–Kier alpha value is -0.870. The first-order chi connectivity index (χ1) is 8.11. The molecule has 0 bridgehead atoms. The number of hydrogen-bond donors (Lipinski definition) is 0. The summed E-state index contributed by atoms with van der Waals surface area (Å²) in [6, 6.07) is 4.46. The van der Waals surface area contributed by atoms with E-state index in [9.17, 15) is 8.78 Å². The number of ether oxygens (including phenoxy) is 1. The molecule has 5 heteroatoms. The fourth-order valence-corrected chi connectivity index (χ4v) is 2.47. The molecular formula is C12H12ClF2NO. The summed E-state index contributed by atoms with van der Waals surface area (Å²) in [6.45, 7) is 1.28. The van der Waals surface area contributed by atoms with Gasteiger partial charge in [0.1, 0.15) is 17.6 Å². The summed E-state index contributed by atoms with van der Waals surface area (Å²) in [7, 11) is 0. The standard InChI is InChI=1S/C12H12ClF2NO/c13-8-1-2-10(9(14)5-8)16-4-3-12(7-17-12)11(15)6-16/h1-2,5,11H,3-4,6-7H2. The zero-order chi connectivity index (χ0) is 12.0.